The molecule has 2 N–H and O–H groups in total. The molecule has 1 aromatic rings. The molecule has 0 saturated carbocycles. The third-order valence-corrected chi connectivity index (χ3v) is 3.18. The molecule has 20 heavy (non-hydrogen) atoms. The highest BCUT2D eigenvalue weighted by Crippen LogP contribution is 2.19. The van der Waals surface area contributed by atoms with Crippen molar-refractivity contribution in [2.45, 2.75) is 27.2 Å². The molecule has 1 aromatic carbocycles. The van der Waals surface area contributed by atoms with Gasteiger partial charge in [0.25, 0.3) is 0 Å². The SMILES string of the molecule is C/C(=C/C(=O)NCC(C)(C)CCO)c1ccccc1F. The van der Waals surface area contributed by atoms with Crippen LogP contribution in [0.25, 0.3) is 5.57 Å². The molecule has 0 aliphatic rings. The molecule has 0 spiro atoms. The Hall–Kier alpha value is -1.68. The Labute approximate surface area is 119 Å². The molecule has 0 radical (unpaired) electrons. The summed E-state index contributed by atoms with van der Waals surface area (Å²) in [4.78, 5) is 11.8. The fourth-order valence-corrected chi connectivity index (χ4v) is 1.82. The summed E-state index contributed by atoms with van der Waals surface area (Å²) in [7, 11) is 0. The van der Waals surface area contributed by atoms with E-state index < -0.39 is 0 Å². The van der Waals surface area contributed by atoms with Gasteiger partial charge in [-0.05, 0) is 30.4 Å². The van der Waals surface area contributed by atoms with Crippen molar-refractivity contribution in [3.63, 3.8) is 0 Å². The topological polar surface area (TPSA) is 49.3 Å². The van der Waals surface area contributed by atoms with Crippen LogP contribution in [-0.4, -0.2) is 24.2 Å². The molecule has 3 nitrogen and oxygen atoms in total. The molecule has 0 aliphatic heterocycles. The first-order chi connectivity index (χ1) is 9.35. The first-order valence-corrected chi connectivity index (χ1v) is 6.67. The molecule has 0 atom stereocenters. The van der Waals surface area contributed by atoms with Crippen molar-refractivity contribution >= 4 is 11.5 Å². The molecule has 0 unspecified atom stereocenters. The van der Waals surface area contributed by atoms with E-state index in [1.807, 2.05) is 13.8 Å². The highest BCUT2D eigenvalue weighted by molar-refractivity contribution is 5.94. The summed E-state index contributed by atoms with van der Waals surface area (Å²) in [5, 5.41) is 11.7. The highest BCUT2D eigenvalue weighted by atomic mass is 19.1. The van der Waals surface area contributed by atoms with Crippen LogP contribution in [0.3, 0.4) is 0 Å². The van der Waals surface area contributed by atoms with Gasteiger partial charge in [0.2, 0.25) is 5.91 Å². The Morgan fingerprint density at radius 1 is 1.40 bits per heavy atom. The molecule has 0 aliphatic carbocycles. The minimum absolute atomic E-state index is 0.0902. The van der Waals surface area contributed by atoms with E-state index in [-0.39, 0.29) is 23.7 Å². The lowest BCUT2D eigenvalue weighted by molar-refractivity contribution is -0.116. The van der Waals surface area contributed by atoms with Gasteiger partial charge in [-0.1, -0.05) is 32.0 Å². The zero-order chi connectivity index (χ0) is 15.2. The number of allylic oxidation sites excluding steroid dienone is 1. The molecular formula is C16H22FNO2. The van der Waals surface area contributed by atoms with Crippen LogP contribution < -0.4 is 5.32 Å². The number of carbonyl (C=O) groups excluding carboxylic acids is 1. The number of hydrogen-bond donors (Lipinski definition) is 2. The molecule has 110 valence electrons. The van der Waals surface area contributed by atoms with Gasteiger partial charge in [-0.2, -0.15) is 0 Å². The standard InChI is InChI=1S/C16H22FNO2/c1-12(13-6-4-5-7-14(13)17)10-15(20)18-11-16(2,3)8-9-19/h4-7,10,19H,8-9,11H2,1-3H3,(H,18,20)/b12-10-. The third kappa shape index (κ3) is 5.13. The predicted molar refractivity (Wildman–Crippen MR) is 78.5 cm³/mol. The van der Waals surface area contributed by atoms with Crippen LogP contribution in [0.4, 0.5) is 4.39 Å². The summed E-state index contributed by atoms with van der Waals surface area (Å²) in [6, 6.07) is 6.36. The first kappa shape index (κ1) is 16.4. The highest BCUT2D eigenvalue weighted by Gasteiger charge is 2.17. The largest absolute Gasteiger partial charge is 0.396 e. The van der Waals surface area contributed by atoms with Gasteiger partial charge in [0.1, 0.15) is 5.82 Å². The van der Waals surface area contributed by atoms with E-state index in [1.165, 1.54) is 12.1 Å². The first-order valence-electron chi connectivity index (χ1n) is 6.67. The van der Waals surface area contributed by atoms with E-state index >= 15 is 0 Å². The quantitative estimate of drug-likeness (QED) is 0.787. The molecule has 0 heterocycles. The molecule has 1 rings (SSSR count). The second-order valence-electron chi connectivity index (χ2n) is 5.66. The Balaban J connectivity index is 2.66. The summed E-state index contributed by atoms with van der Waals surface area (Å²) >= 11 is 0. The van der Waals surface area contributed by atoms with Crippen LogP contribution in [0, 0.1) is 11.2 Å². The summed E-state index contributed by atoms with van der Waals surface area (Å²) in [6.07, 6.45) is 2.01. The number of hydrogen-bond acceptors (Lipinski definition) is 2. The van der Waals surface area contributed by atoms with E-state index in [2.05, 4.69) is 5.32 Å². The molecular weight excluding hydrogens is 257 g/mol. The molecule has 0 fully saturated rings. The summed E-state index contributed by atoms with van der Waals surface area (Å²) in [6.45, 7) is 6.20. The lowest BCUT2D eigenvalue weighted by Crippen LogP contribution is -2.33. The van der Waals surface area contributed by atoms with E-state index in [4.69, 9.17) is 5.11 Å². The lowest BCUT2D eigenvalue weighted by Gasteiger charge is -2.23. The van der Waals surface area contributed by atoms with Crippen LogP contribution in [0.1, 0.15) is 32.8 Å². The Morgan fingerprint density at radius 3 is 2.65 bits per heavy atom. The van der Waals surface area contributed by atoms with Crippen molar-refractivity contribution in [3.8, 4) is 0 Å². The maximum atomic E-state index is 13.6. The maximum absolute atomic E-state index is 13.6. The average Bonchev–Trinajstić information content (AvgIpc) is 2.37. The fraction of sp³-hybridized carbons (Fsp3) is 0.438. The van der Waals surface area contributed by atoms with Crippen LogP contribution >= 0.6 is 0 Å². The number of nitrogens with one attached hydrogen (secondary N) is 1. The van der Waals surface area contributed by atoms with Gasteiger partial charge in [0.15, 0.2) is 0 Å². The van der Waals surface area contributed by atoms with E-state index in [0.29, 0.717) is 24.1 Å². The fourth-order valence-electron chi connectivity index (χ4n) is 1.82. The number of rotatable bonds is 6. The van der Waals surface area contributed by atoms with Gasteiger partial charge in [0.05, 0.1) is 0 Å². The molecule has 0 saturated heterocycles. The second-order valence-corrected chi connectivity index (χ2v) is 5.66. The summed E-state index contributed by atoms with van der Waals surface area (Å²) < 4.78 is 13.6. The Kier molecular flexibility index (Phi) is 5.89. The van der Waals surface area contributed by atoms with Crippen LogP contribution in [-0.2, 0) is 4.79 Å². The molecule has 0 bridgehead atoms. The van der Waals surface area contributed by atoms with Gasteiger partial charge in [-0.15, -0.1) is 0 Å². The molecule has 4 heteroatoms. The van der Waals surface area contributed by atoms with Gasteiger partial charge < -0.3 is 10.4 Å². The average molecular weight is 279 g/mol. The minimum atomic E-state index is -0.338. The van der Waals surface area contributed by atoms with Gasteiger partial charge in [-0.25, -0.2) is 4.39 Å². The third-order valence-electron chi connectivity index (χ3n) is 3.18. The second kappa shape index (κ2) is 7.20. The molecule has 0 aromatic heterocycles. The van der Waals surface area contributed by atoms with E-state index in [0.717, 1.165) is 0 Å². The van der Waals surface area contributed by atoms with Crippen molar-refractivity contribution in [1.29, 1.82) is 0 Å². The van der Waals surface area contributed by atoms with Crippen molar-refractivity contribution in [2.24, 2.45) is 5.41 Å². The van der Waals surface area contributed by atoms with Gasteiger partial charge in [-0.3, -0.25) is 4.79 Å². The monoisotopic (exact) mass is 279 g/mol. The van der Waals surface area contributed by atoms with Gasteiger partial charge >= 0.3 is 0 Å². The number of amides is 1. The zero-order valence-electron chi connectivity index (χ0n) is 12.2. The number of aliphatic hydroxyl groups is 1. The van der Waals surface area contributed by atoms with E-state index in [9.17, 15) is 9.18 Å². The Bertz CT molecular complexity index is 495. The van der Waals surface area contributed by atoms with Crippen LogP contribution in [0.5, 0.6) is 0 Å². The van der Waals surface area contributed by atoms with Crippen molar-refractivity contribution in [1.82, 2.24) is 5.32 Å². The van der Waals surface area contributed by atoms with E-state index in [1.54, 1.807) is 25.1 Å². The number of halogens is 1. The maximum Gasteiger partial charge on any atom is 0.244 e. The normalized spacial score (nSPS) is 12.3. The number of benzene rings is 1. The summed E-state index contributed by atoms with van der Waals surface area (Å²) in [5.41, 5.74) is 0.849. The van der Waals surface area contributed by atoms with Crippen molar-refractivity contribution < 1.29 is 14.3 Å². The smallest absolute Gasteiger partial charge is 0.244 e. The lowest BCUT2D eigenvalue weighted by atomic mass is 9.90. The van der Waals surface area contributed by atoms with Crippen LogP contribution in [0.2, 0.25) is 0 Å². The number of carbonyl (C=O) groups is 1. The van der Waals surface area contributed by atoms with Gasteiger partial charge in [0, 0.05) is 24.8 Å². The van der Waals surface area contributed by atoms with Crippen molar-refractivity contribution in [3.05, 3.63) is 41.7 Å². The predicted octanol–water partition coefficient (Wildman–Crippen LogP) is 2.75. The van der Waals surface area contributed by atoms with Crippen LogP contribution in [0.15, 0.2) is 30.3 Å². The Morgan fingerprint density at radius 2 is 2.05 bits per heavy atom. The zero-order valence-corrected chi connectivity index (χ0v) is 12.2. The van der Waals surface area contributed by atoms with Crippen molar-refractivity contribution in [2.75, 3.05) is 13.2 Å². The molecule has 1 amide bonds. The number of aliphatic hydroxyl groups excluding tert-OH is 1. The minimum Gasteiger partial charge on any atom is -0.396 e. The summed E-state index contributed by atoms with van der Waals surface area (Å²) in [5.74, 6) is -0.591.